The molecular weight excluding hydrogens is 200 g/mol. The lowest BCUT2D eigenvalue weighted by Crippen LogP contribution is -2.26. The molecule has 16 heavy (non-hydrogen) atoms. The molecule has 0 aliphatic heterocycles. The van der Waals surface area contributed by atoms with E-state index in [2.05, 4.69) is 28.7 Å². The van der Waals surface area contributed by atoms with Crippen LogP contribution in [0.3, 0.4) is 0 Å². The Hall–Kier alpha value is -1.19. The van der Waals surface area contributed by atoms with Crippen LogP contribution in [0.1, 0.15) is 45.4 Å². The Kier molecular flexibility index (Phi) is 5.15. The number of hydrogen-bond donors (Lipinski definition) is 2. The highest BCUT2D eigenvalue weighted by Crippen LogP contribution is 2.20. The van der Waals surface area contributed by atoms with Crippen molar-refractivity contribution in [2.75, 3.05) is 23.7 Å². The van der Waals surface area contributed by atoms with Crippen molar-refractivity contribution < 1.29 is 0 Å². The minimum Gasteiger partial charge on any atom is -0.382 e. The molecule has 3 N–H and O–H groups in total. The molecular formula is C12H24N4. The molecule has 4 nitrogen and oxygen atoms in total. The van der Waals surface area contributed by atoms with Gasteiger partial charge in [0.05, 0.1) is 0 Å². The van der Waals surface area contributed by atoms with E-state index in [0.717, 1.165) is 24.7 Å². The topological polar surface area (TPSA) is 57.9 Å². The minimum atomic E-state index is 0.699. The zero-order valence-electron chi connectivity index (χ0n) is 10.7. The third kappa shape index (κ3) is 3.43. The molecule has 4 heteroatoms. The van der Waals surface area contributed by atoms with E-state index in [9.17, 15) is 0 Å². The number of nitrogen functional groups attached to an aromatic ring is 1. The van der Waals surface area contributed by atoms with Crippen molar-refractivity contribution >= 4 is 11.6 Å². The maximum absolute atomic E-state index is 5.93. The summed E-state index contributed by atoms with van der Waals surface area (Å²) >= 11 is 0. The number of nitrogens with one attached hydrogen (secondary N) is 1. The average molecular weight is 224 g/mol. The highest BCUT2D eigenvalue weighted by molar-refractivity contribution is 5.58. The second kappa shape index (κ2) is 6.40. The van der Waals surface area contributed by atoms with Gasteiger partial charge in [0, 0.05) is 13.1 Å². The van der Waals surface area contributed by atoms with Gasteiger partial charge in [-0.25, -0.2) is 4.98 Å². The van der Waals surface area contributed by atoms with Crippen LogP contribution in [-0.4, -0.2) is 23.1 Å². The Morgan fingerprint density at radius 3 is 2.12 bits per heavy atom. The van der Waals surface area contributed by atoms with Crippen LogP contribution in [0.15, 0.2) is 0 Å². The van der Waals surface area contributed by atoms with Gasteiger partial charge in [0.15, 0.2) is 5.82 Å². The van der Waals surface area contributed by atoms with Gasteiger partial charge in [-0.2, -0.15) is 0 Å². The molecule has 0 radical (unpaired) electrons. The molecule has 1 aromatic rings. The van der Waals surface area contributed by atoms with Gasteiger partial charge in [0.2, 0.25) is 0 Å². The first-order valence-corrected chi connectivity index (χ1v) is 6.26. The second-order valence-corrected chi connectivity index (χ2v) is 4.25. The molecule has 0 saturated heterocycles. The fourth-order valence-corrected chi connectivity index (χ4v) is 1.76. The summed E-state index contributed by atoms with van der Waals surface area (Å²) < 4.78 is 0. The Balaban J connectivity index is 2.70. The summed E-state index contributed by atoms with van der Waals surface area (Å²) in [6, 6.07) is 0. The van der Waals surface area contributed by atoms with Crippen molar-refractivity contribution in [2.45, 2.75) is 46.5 Å². The van der Waals surface area contributed by atoms with Gasteiger partial charge in [-0.05, 0) is 19.8 Å². The Morgan fingerprint density at radius 1 is 1.19 bits per heavy atom. The van der Waals surface area contributed by atoms with E-state index in [1.165, 1.54) is 25.7 Å². The molecule has 0 unspecified atom stereocenters. The molecule has 0 amide bonds. The van der Waals surface area contributed by atoms with Gasteiger partial charge in [0.25, 0.3) is 0 Å². The highest BCUT2D eigenvalue weighted by Gasteiger charge is 2.12. The maximum Gasteiger partial charge on any atom is 0.171 e. The van der Waals surface area contributed by atoms with Crippen LogP contribution < -0.4 is 10.6 Å². The Labute approximate surface area is 98.2 Å². The van der Waals surface area contributed by atoms with Gasteiger partial charge in [-0.3, -0.25) is 0 Å². The number of aromatic nitrogens is 2. The highest BCUT2D eigenvalue weighted by atomic mass is 15.2. The second-order valence-electron chi connectivity index (χ2n) is 4.25. The predicted octanol–water partition coefficient (Wildman–Crippen LogP) is 2.71. The summed E-state index contributed by atoms with van der Waals surface area (Å²) in [5.74, 6) is 2.52. The van der Waals surface area contributed by atoms with E-state index in [-0.39, 0.29) is 0 Å². The number of aryl methyl sites for hydroxylation is 1. The molecule has 0 aliphatic carbocycles. The number of H-pyrrole nitrogens is 1. The SMILES string of the molecule is CCCCN(CCCC)c1nc(C)[nH]c1N. The first kappa shape index (κ1) is 12.9. The van der Waals surface area contributed by atoms with Crippen LogP contribution in [0.5, 0.6) is 0 Å². The number of aromatic amines is 1. The molecule has 0 saturated carbocycles. The van der Waals surface area contributed by atoms with Crippen molar-refractivity contribution in [3.8, 4) is 0 Å². The lowest BCUT2D eigenvalue weighted by Gasteiger charge is -2.22. The van der Waals surface area contributed by atoms with E-state index in [1.807, 2.05) is 6.92 Å². The predicted molar refractivity (Wildman–Crippen MR) is 69.8 cm³/mol. The van der Waals surface area contributed by atoms with Gasteiger partial charge in [-0.15, -0.1) is 0 Å². The van der Waals surface area contributed by atoms with Crippen LogP contribution in [0, 0.1) is 6.92 Å². The molecule has 0 aliphatic rings. The van der Waals surface area contributed by atoms with Gasteiger partial charge >= 0.3 is 0 Å². The summed E-state index contributed by atoms with van der Waals surface area (Å²) in [7, 11) is 0. The third-order valence-electron chi connectivity index (χ3n) is 2.69. The smallest absolute Gasteiger partial charge is 0.171 e. The monoisotopic (exact) mass is 224 g/mol. The quantitative estimate of drug-likeness (QED) is 0.748. The van der Waals surface area contributed by atoms with E-state index in [0.29, 0.717) is 5.82 Å². The molecule has 0 atom stereocenters. The number of hydrogen-bond acceptors (Lipinski definition) is 3. The first-order valence-electron chi connectivity index (χ1n) is 6.26. The third-order valence-corrected chi connectivity index (χ3v) is 2.69. The lowest BCUT2D eigenvalue weighted by molar-refractivity contribution is 0.673. The van der Waals surface area contributed by atoms with Crippen LogP contribution in [-0.2, 0) is 0 Å². The molecule has 0 bridgehead atoms. The van der Waals surface area contributed by atoms with Crippen LogP contribution in [0.2, 0.25) is 0 Å². The lowest BCUT2D eigenvalue weighted by atomic mass is 10.2. The first-order chi connectivity index (χ1) is 7.69. The Bertz CT molecular complexity index is 298. The molecule has 1 heterocycles. The standard InChI is InChI=1S/C12H24N4/c1-4-6-8-16(9-7-5-2)12-11(13)14-10(3)15-12/h4-9,13H2,1-3H3,(H,14,15). The normalized spacial score (nSPS) is 10.7. The fraction of sp³-hybridized carbons (Fsp3) is 0.750. The average Bonchev–Trinajstić information content (AvgIpc) is 2.58. The van der Waals surface area contributed by atoms with Gasteiger partial charge in [0.1, 0.15) is 11.6 Å². The van der Waals surface area contributed by atoms with Crippen LogP contribution in [0.4, 0.5) is 11.6 Å². The largest absolute Gasteiger partial charge is 0.382 e. The number of rotatable bonds is 7. The maximum atomic E-state index is 5.93. The Morgan fingerprint density at radius 2 is 1.75 bits per heavy atom. The van der Waals surface area contributed by atoms with E-state index >= 15 is 0 Å². The van der Waals surface area contributed by atoms with Crippen LogP contribution >= 0.6 is 0 Å². The molecule has 1 aromatic heterocycles. The van der Waals surface area contributed by atoms with E-state index in [4.69, 9.17) is 5.73 Å². The zero-order valence-corrected chi connectivity index (χ0v) is 10.7. The van der Waals surface area contributed by atoms with Crippen molar-refractivity contribution in [1.82, 2.24) is 9.97 Å². The summed E-state index contributed by atoms with van der Waals surface area (Å²) in [5, 5.41) is 0. The molecule has 0 fully saturated rings. The number of unbranched alkanes of at least 4 members (excludes halogenated alkanes) is 2. The number of nitrogens with zero attached hydrogens (tertiary/aromatic N) is 2. The summed E-state index contributed by atoms with van der Waals surface area (Å²) in [5.41, 5.74) is 5.93. The number of nitrogens with two attached hydrogens (primary N) is 1. The van der Waals surface area contributed by atoms with E-state index < -0.39 is 0 Å². The zero-order chi connectivity index (χ0) is 12.0. The summed E-state index contributed by atoms with van der Waals surface area (Å²) in [6.45, 7) is 8.45. The van der Waals surface area contributed by atoms with Crippen molar-refractivity contribution in [3.05, 3.63) is 5.82 Å². The molecule has 0 aromatic carbocycles. The van der Waals surface area contributed by atoms with Crippen LogP contribution in [0.25, 0.3) is 0 Å². The minimum absolute atomic E-state index is 0.699. The molecule has 1 rings (SSSR count). The van der Waals surface area contributed by atoms with Crippen molar-refractivity contribution in [3.63, 3.8) is 0 Å². The summed E-state index contributed by atoms with van der Waals surface area (Å²) in [4.78, 5) is 9.83. The van der Waals surface area contributed by atoms with Gasteiger partial charge in [-0.1, -0.05) is 26.7 Å². The molecule has 0 spiro atoms. The van der Waals surface area contributed by atoms with Gasteiger partial charge < -0.3 is 15.6 Å². The molecule has 92 valence electrons. The fourth-order valence-electron chi connectivity index (χ4n) is 1.76. The number of anilines is 2. The van der Waals surface area contributed by atoms with Crippen molar-refractivity contribution in [1.29, 1.82) is 0 Å². The van der Waals surface area contributed by atoms with E-state index in [1.54, 1.807) is 0 Å². The number of imidazole rings is 1. The summed E-state index contributed by atoms with van der Waals surface area (Å²) in [6.07, 6.45) is 4.78. The van der Waals surface area contributed by atoms with Crippen molar-refractivity contribution in [2.24, 2.45) is 0 Å².